The Morgan fingerprint density at radius 3 is 3.00 bits per heavy atom. The average Bonchev–Trinajstić information content (AvgIpc) is 2.65. The van der Waals surface area contributed by atoms with Crippen LogP contribution in [0.3, 0.4) is 0 Å². The van der Waals surface area contributed by atoms with E-state index in [2.05, 4.69) is 16.8 Å². The van der Waals surface area contributed by atoms with E-state index in [1.54, 1.807) is 6.07 Å². The van der Waals surface area contributed by atoms with Gasteiger partial charge >= 0.3 is 0 Å². The molecule has 3 heterocycles. The minimum absolute atomic E-state index is 0.173. The van der Waals surface area contributed by atoms with Crippen LogP contribution >= 0.6 is 11.6 Å². The fourth-order valence-corrected chi connectivity index (χ4v) is 4.10. The van der Waals surface area contributed by atoms with Gasteiger partial charge in [-0.1, -0.05) is 24.1 Å². The van der Waals surface area contributed by atoms with Crippen LogP contribution in [-0.4, -0.2) is 39.9 Å². The zero-order chi connectivity index (χ0) is 18.1. The number of rotatable bonds is 3. The highest BCUT2D eigenvalue weighted by Gasteiger charge is 2.27. The van der Waals surface area contributed by atoms with Gasteiger partial charge in [-0.15, -0.1) is 0 Å². The van der Waals surface area contributed by atoms with E-state index in [9.17, 15) is 4.39 Å². The van der Waals surface area contributed by atoms with Crippen molar-refractivity contribution in [3.63, 3.8) is 0 Å². The summed E-state index contributed by atoms with van der Waals surface area (Å²) in [6.45, 7) is 3.65. The molecule has 138 valence electrons. The van der Waals surface area contributed by atoms with Crippen molar-refractivity contribution in [3.05, 3.63) is 57.9 Å². The van der Waals surface area contributed by atoms with Crippen LogP contribution in [0.25, 0.3) is 0 Å². The van der Waals surface area contributed by atoms with E-state index in [1.807, 2.05) is 12.3 Å². The molecule has 26 heavy (non-hydrogen) atoms. The van der Waals surface area contributed by atoms with Crippen LogP contribution < -0.4 is 0 Å². The van der Waals surface area contributed by atoms with Crippen molar-refractivity contribution in [1.29, 1.82) is 0 Å². The first-order chi connectivity index (χ1) is 12.6. The van der Waals surface area contributed by atoms with Gasteiger partial charge in [-0.2, -0.15) is 0 Å². The van der Waals surface area contributed by atoms with E-state index in [4.69, 9.17) is 21.6 Å². The second-order valence-electron chi connectivity index (χ2n) is 7.42. The van der Waals surface area contributed by atoms with Gasteiger partial charge in [-0.05, 0) is 44.1 Å². The minimum Gasteiger partial charge on any atom is -0.302 e. The lowest BCUT2D eigenvalue weighted by Crippen LogP contribution is -2.35. The zero-order valence-electron chi connectivity index (χ0n) is 15.1. The highest BCUT2D eigenvalue weighted by atomic mass is 35.5. The third-order valence-electron chi connectivity index (χ3n) is 5.42. The predicted octanol–water partition coefficient (Wildman–Crippen LogP) is 3.98. The van der Waals surface area contributed by atoms with E-state index in [1.165, 1.54) is 23.7 Å². The quantitative estimate of drug-likeness (QED) is 0.813. The molecule has 1 aromatic carbocycles. The first kappa shape index (κ1) is 17.8. The molecule has 1 saturated heterocycles. The number of likely N-dealkylation sites (N-methyl/N-ethyl adjacent to an activating group) is 1. The molecule has 1 atom stereocenters. The van der Waals surface area contributed by atoms with Gasteiger partial charge in [0.05, 0.1) is 11.1 Å². The van der Waals surface area contributed by atoms with Crippen LogP contribution in [0.4, 0.5) is 4.39 Å². The Hall–Kier alpha value is -1.56. The lowest BCUT2D eigenvalue weighted by Gasteiger charge is -2.35. The molecular weight excluding hydrogens is 351 g/mol. The van der Waals surface area contributed by atoms with Crippen LogP contribution in [0.2, 0.25) is 5.02 Å². The number of hydrogen-bond donors (Lipinski definition) is 0. The Balaban J connectivity index is 1.56. The van der Waals surface area contributed by atoms with Crippen molar-refractivity contribution in [1.82, 2.24) is 19.8 Å². The Morgan fingerprint density at radius 2 is 2.15 bits per heavy atom. The fourth-order valence-electron chi connectivity index (χ4n) is 3.98. The van der Waals surface area contributed by atoms with E-state index >= 15 is 0 Å². The molecule has 1 aromatic heterocycles. The molecule has 0 amide bonds. The highest BCUT2D eigenvalue weighted by Crippen LogP contribution is 2.31. The lowest BCUT2D eigenvalue weighted by molar-refractivity contribution is 0.133. The molecule has 2 aromatic rings. The van der Waals surface area contributed by atoms with Gasteiger partial charge in [-0.25, -0.2) is 14.4 Å². The summed E-state index contributed by atoms with van der Waals surface area (Å²) >= 11 is 5.81. The molecule has 0 radical (unpaired) electrons. The second kappa shape index (κ2) is 7.59. The van der Waals surface area contributed by atoms with Gasteiger partial charge in [0.15, 0.2) is 0 Å². The summed E-state index contributed by atoms with van der Waals surface area (Å²) < 4.78 is 13.8. The number of benzene rings is 1. The molecule has 2 aliphatic rings. The molecule has 4 nitrogen and oxygen atoms in total. The lowest BCUT2D eigenvalue weighted by atomic mass is 9.99. The maximum absolute atomic E-state index is 13.8. The summed E-state index contributed by atoms with van der Waals surface area (Å²) in [6, 6.07) is 5.28. The minimum atomic E-state index is -0.355. The van der Waals surface area contributed by atoms with Crippen LogP contribution in [-0.2, 0) is 19.5 Å². The van der Waals surface area contributed by atoms with E-state index in [0.29, 0.717) is 6.54 Å². The molecule has 6 heteroatoms. The zero-order valence-corrected chi connectivity index (χ0v) is 15.8. The molecule has 4 rings (SSSR count). The smallest absolute Gasteiger partial charge is 0.145 e. The number of likely N-dealkylation sites (tertiary alicyclic amines) is 1. The van der Waals surface area contributed by atoms with Crippen molar-refractivity contribution in [2.45, 2.75) is 44.8 Å². The van der Waals surface area contributed by atoms with Gasteiger partial charge < -0.3 is 4.90 Å². The topological polar surface area (TPSA) is 32.3 Å². The molecule has 1 fully saturated rings. The number of aromatic nitrogens is 2. The summed E-state index contributed by atoms with van der Waals surface area (Å²) in [6.07, 6.45) is 6.37. The number of nitrogens with zero attached hydrogens (tertiary/aromatic N) is 4. The highest BCUT2D eigenvalue weighted by molar-refractivity contribution is 6.30. The number of hydrogen-bond acceptors (Lipinski definition) is 4. The monoisotopic (exact) mass is 374 g/mol. The molecule has 0 saturated carbocycles. The third-order valence-corrected chi connectivity index (χ3v) is 5.73. The standard InChI is InChI=1S/C20H24ClFN4/c1-25-9-7-18-15(13-25)11-23-20(24-18)19-4-2-3-8-26(19)12-14-5-6-16(21)17(22)10-14/h5-6,10-11,19H,2-4,7-9,12-13H2,1H3. The van der Waals surface area contributed by atoms with Crippen LogP contribution in [0, 0.1) is 5.82 Å². The van der Waals surface area contributed by atoms with Gasteiger partial charge in [-0.3, -0.25) is 4.90 Å². The van der Waals surface area contributed by atoms with Crippen molar-refractivity contribution >= 4 is 11.6 Å². The Labute approximate surface area is 159 Å². The fraction of sp³-hybridized carbons (Fsp3) is 0.500. The summed E-state index contributed by atoms with van der Waals surface area (Å²) in [5.74, 6) is 0.564. The Kier molecular flexibility index (Phi) is 5.20. The van der Waals surface area contributed by atoms with E-state index in [-0.39, 0.29) is 16.9 Å². The van der Waals surface area contributed by atoms with Crippen molar-refractivity contribution < 1.29 is 4.39 Å². The van der Waals surface area contributed by atoms with Crippen LogP contribution in [0.15, 0.2) is 24.4 Å². The van der Waals surface area contributed by atoms with Crippen LogP contribution in [0.1, 0.15) is 47.9 Å². The maximum Gasteiger partial charge on any atom is 0.145 e. The van der Waals surface area contributed by atoms with Gasteiger partial charge in [0, 0.05) is 43.5 Å². The van der Waals surface area contributed by atoms with Gasteiger partial charge in [0.2, 0.25) is 0 Å². The van der Waals surface area contributed by atoms with Gasteiger partial charge in [0.25, 0.3) is 0 Å². The predicted molar refractivity (Wildman–Crippen MR) is 100 cm³/mol. The first-order valence-corrected chi connectivity index (χ1v) is 9.69. The van der Waals surface area contributed by atoms with Crippen molar-refractivity contribution in [2.24, 2.45) is 0 Å². The summed E-state index contributed by atoms with van der Waals surface area (Å²) in [7, 11) is 2.13. The summed E-state index contributed by atoms with van der Waals surface area (Å²) in [4.78, 5) is 14.3. The van der Waals surface area contributed by atoms with E-state index in [0.717, 1.165) is 50.3 Å². The molecular formula is C20H24ClFN4. The summed E-state index contributed by atoms with van der Waals surface area (Å²) in [5.41, 5.74) is 3.37. The molecule has 0 N–H and O–H groups in total. The number of halogens is 2. The SMILES string of the molecule is CN1CCc2nc(C3CCCCN3Cc3ccc(Cl)c(F)c3)ncc2C1. The molecule has 0 bridgehead atoms. The molecule has 1 unspecified atom stereocenters. The number of fused-ring (bicyclic) bond motifs is 1. The average molecular weight is 375 g/mol. The molecule has 2 aliphatic heterocycles. The third kappa shape index (κ3) is 3.75. The van der Waals surface area contributed by atoms with E-state index < -0.39 is 0 Å². The Morgan fingerprint density at radius 1 is 1.27 bits per heavy atom. The normalized spacial score (nSPS) is 21.6. The summed E-state index contributed by atoms with van der Waals surface area (Å²) in [5, 5.41) is 0.173. The van der Waals surface area contributed by atoms with Crippen molar-refractivity contribution in [3.8, 4) is 0 Å². The molecule has 0 aliphatic carbocycles. The molecule has 0 spiro atoms. The first-order valence-electron chi connectivity index (χ1n) is 9.31. The maximum atomic E-state index is 13.8. The van der Waals surface area contributed by atoms with Crippen molar-refractivity contribution in [2.75, 3.05) is 20.1 Å². The Bertz CT molecular complexity index is 797. The number of piperidine rings is 1. The van der Waals surface area contributed by atoms with Crippen LogP contribution in [0.5, 0.6) is 0 Å². The largest absolute Gasteiger partial charge is 0.302 e. The second-order valence-corrected chi connectivity index (χ2v) is 7.83. The van der Waals surface area contributed by atoms with Gasteiger partial charge in [0.1, 0.15) is 11.6 Å².